The summed E-state index contributed by atoms with van der Waals surface area (Å²) in [6.07, 6.45) is 5.34. The highest BCUT2D eigenvalue weighted by Crippen LogP contribution is 2.48. The Balaban J connectivity index is 1.62. The van der Waals surface area contributed by atoms with Crippen molar-refractivity contribution in [1.82, 2.24) is 31.9 Å². The first-order valence-corrected chi connectivity index (χ1v) is 28.6. The molecule has 0 aromatic heterocycles. The predicted molar refractivity (Wildman–Crippen MR) is 317 cm³/mol. The van der Waals surface area contributed by atoms with Crippen molar-refractivity contribution in [2.24, 2.45) is 27.9 Å². The maximum atomic E-state index is 14.4. The lowest BCUT2D eigenvalue weighted by molar-refractivity contribution is -0.143. The van der Waals surface area contributed by atoms with Crippen molar-refractivity contribution in [3.8, 4) is 11.5 Å². The Hall–Kier alpha value is -8.18. The van der Waals surface area contributed by atoms with Crippen molar-refractivity contribution in [1.29, 1.82) is 0 Å². The smallest absolute Gasteiger partial charge is 0.336 e. The number of aliphatic imine (C=N–C) groups is 1. The van der Waals surface area contributed by atoms with E-state index in [0.717, 1.165) is 23.1 Å². The number of thioether (sulfide) groups is 1. The van der Waals surface area contributed by atoms with E-state index in [1.54, 1.807) is 6.08 Å². The van der Waals surface area contributed by atoms with E-state index in [0.29, 0.717) is 59.5 Å². The van der Waals surface area contributed by atoms with Crippen LogP contribution in [0.2, 0.25) is 0 Å². The van der Waals surface area contributed by atoms with Crippen molar-refractivity contribution >= 4 is 93.7 Å². The number of carboxylic acid groups (broad SMARTS) is 3. The summed E-state index contributed by atoms with van der Waals surface area (Å²) >= 11 is 0.889. The summed E-state index contributed by atoms with van der Waals surface area (Å²) in [7, 11) is 7.54. The van der Waals surface area contributed by atoms with Crippen molar-refractivity contribution in [2.75, 3.05) is 82.2 Å². The number of benzene rings is 2. The van der Waals surface area contributed by atoms with E-state index < -0.39 is 96.4 Å². The van der Waals surface area contributed by atoms with Crippen LogP contribution in [0.1, 0.15) is 81.8 Å². The summed E-state index contributed by atoms with van der Waals surface area (Å²) in [4.78, 5) is 137. The second-order valence-electron chi connectivity index (χ2n) is 20.2. The molecule has 0 bridgehead atoms. The molecular formula is C56H79N13O14S. The molecule has 0 saturated carbocycles. The number of nitrogens with two attached hydrogens (primary N) is 4. The molecule has 7 amide bonds. The van der Waals surface area contributed by atoms with Gasteiger partial charge in [0.2, 0.25) is 35.4 Å². The van der Waals surface area contributed by atoms with Gasteiger partial charge in [-0.25, -0.2) is 14.6 Å². The van der Waals surface area contributed by atoms with Crippen LogP contribution in [0.4, 0.5) is 11.4 Å². The highest BCUT2D eigenvalue weighted by Gasteiger charge is 2.33. The molecule has 458 valence electrons. The Bertz CT molecular complexity index is 2800. The molecule has 28 heteroatoms. The number of nitrogens with zero attached hydrogens (tertiary/aromatic N) is 3. The molecule has 5 atom stereocenters. The molecule has 27 nitrogen and oxygen atoms in total. The Morgan fingerprint density at radius 2 is 1.12 bits per heavy atom. The number of aliphatic carboxylic acids is 3. The van der Waals surface area contributed by atoms with E-state index in [2.05, 4.69) is 36.9 Å². The molecule has 0 saturated heterocycles. The summed E-state index contributed by atoms with van der Waals surface area (Å²) in [6.45, 7) is 0.177. The molecule has 1 heterocycles. The maximum absolute atomic E-state index is 14.4. The van der Waals surface area contributed by atoms with Crippen molar-refractivity contribution in [3.05, 3.63) is 76.9 Å². The average Bonchev–Trinajstić information content (AvgIpc) is 1.45. The molecule has 2 aliphatic rings. The minimum Gasteiger partial charge on any atom is -0.481 e. The van der Waals surface area contributed by atoms with Gasteiger partial charge in [-0.15, -0.1) is 11.8 Å². The van der Waals surface area contributed by atoms with Crippen LogP contribution < -0.4 is 69.4 Å². The van der Waals surface area contributed by atoms with Gasteiger partial charge in [0.05, 0.1) is 36.2 Å². The number of ether oxygens (including phenoxy) is 1. The van der Waals surface area contributed by atoms with Crippen LogP contribution in [-0.2, 0) is 47.9 Å². The monoisotopic (exact) mass is 1190 g/mol. The van der Waals surface area contributed by atoms with Crippen LogP contribution in [0, 0.1) is 0 Å². The second-order valence-corrected chi connectivity index (χ2v) is 21.2. The largest absolute Gasteiger partial charge is 0.481 e. The number of hydrogen-bond acceptors (Lipinski definition) is 18. The summed E-state index contributed by atoms with van der Waals surface area (Å²) in [6, 6.07) is 4.16. The Labute approximate surface area is 491 Å². The molecule has 2 aromatic rings. The van der Waals surface area contributed by atoms with Gasteiger partial charge in [-0.2, -0.15) is 0 Å². The minimum atomic E-state index is -1.64. The Kier molecular flexibility index (Phi) is 28.0. The minimum absolute atomic E-state index is 0.0207. The number of unbranched alkanes of at least 4 members (excludes halogenated alkanes) is 3. The first-order valence-electron chi connectivity index (χ1n) is 27.4. The van der Waals surface area contributed by atoms with Gasteiger partial charge in [0.25, 0.3) is 5.91 Å². The van der Waals surface area contributed by atoms with Gasteiger partial charge in [-0.05, 0) is 113 Å². The van der Waals surface area contributed by atoms with E-state index in [4.69, 9.17) is 27.7 Å². The number of hydrogen-bond donors (Lipinski definition) is 13. The van der Waals surface area contributed by atoms with Crippen molar-refractivity contribution in [2.45, 2.75) is 101 Å². The van der Waals surface area contributed by atoms with E-state index in [1.165, 1.54) is 12.2 Å². The van der Waals surface area contributed by atoms with Crippen LogP contribution in [0.5, 0.6) is 11.5 Å². The molecule has 84 heavy (non-hydrogen) atoms. The van der Waals surface area contributed by atoms with Gasteiger partial charge >= 0.3 is 17.9 Å². The van der Waals surface area contributed by atoms with Crippen LogP contribution >= 0.6 is 11.8 Å². The summed E-state index contributed by atoms with van der Waals surface area (Å²) in [5, 5.41) is 44.9. The zero-order valence-electron chi connectivity index (χ0n) is 47.7. The molecule has 1 aliphatic heterocycles. The summed E-state index contributed by atoms with van der Waals surface area (Å²) in [5.74, 6) is -8.79. The number of allylic oxidation sites excluding steroid dienone is 3. The molecule has 0 radical (unpaired) electrons. The Morgan fingerprint density at radius 3 is 1.61 bits per heavy atom. The predicted octanol–water partition coefficient (Wildman–Crippen LogP) is -0.157. The molecule has 17 N–H and O–H groups in total. The quantitative estimate of drug-likeness (QED) is 0.0340. The fraction of sp³-hybridized carbons (Fsp3) is 0.482. The molecule has 1 aliphatic carbocycles. The zero-order chi connectivity index (χ0) is 62.0. The van der Waals surface area contributed by atoms with Crippen LogP contribution in [0.25, 0.3) is 5.57 Å². The van der Waals surface area contributed by atoms with Gasteiger partial charge in [-0.1, -0.05) is 6.08 Å². The normalized spacial score (nSPS) is 14.6. The lowest BCUT2D eigenvalue weighted by Gasteiger charge is -2.28. The van der Waals surface area contributed by atoms with E-state index in [9.17, 15) is 63.3 Å². The number of amides is 7. The second kappa shape index (κ2) is 34.4. The van der Waals surface area contributed by atoms with Gasteiger partial charge in [0, 0.05) is 93.7 Å². The number of anilines is 2. The topological polar surface area (TPSA) is 436 Å². The first kappa shape index (κ1) is 68.3. The van der Waals surface area contributed by atoms with Gasteiger partial charge < -0.3 is 84.7 Å². The molecule has 2 aromatic carbocycles. The third-order valence-electron chi connectivity index (χ3n) is 13.3. The van der Waals surface area contributed by atoms with Gasteiger partial charge in [0.1, 0.15) is 35.7 Å². The fourth-order valence-electron chi connectivity index (χ4n) is 8.68. The van der Waals surface area contributed by atoms with Crippen molar-refractivity contribution < 1.29 is 68.0 Å². The van der Waals surface area contributed by atoms with E-state index in [-0.39, 0.29) is 93.5 Å². The zero-order valence-corrected chi connectivity index (χ0v) is 48.5. The third kappa shape index (κ3) is 21.5. The third-order valence-corrected chi connectivity index (χ3v) is 14.3. The number of carbonyl (C=O) groups excluding carboxylic acids is 7. The molecule has 0 spiro atoms. The van der Waals surface area contributed by atoms with E-state index >= 15 is 0 Å². The Morgan fingerprint density at radius 1 is 0.619 bits per heavy atom. The molecular weight excluding hydrogens is 1110 g/mol. The maximum Gasteiger partial charge on any atom is 0.336 e. The lowest BCUT2D eigenvalue weighted by Crippen LogP contribution is -2.59. The highest BCUT2D eigenvalue weighted by atomic mass is 32.2. The molecule has 0 fully saturated rings. The average molecular weight is 1190 g/mol. The fourth-order valence-corrected chi connectivity index (χ4v) is 9.51. The van der Waals surface area contributed by atoms with Crippen LogP contribution in [0.15, 0.2) is 70.8 Å². The summed E-state index contributed by atoms with van der Waals surface area (Å²) < 4.78 is 6.42. The number of fused-ring (bicyclic) bond motifs is 2. The highest BCUT2D eigenvalue weighted by molar-refractivity contribution is 8.00. The lowest BCUT2D eigenvalue weighted by atomic mass is 9.84. The van der Waals surface area contributed by atoms with Crippen LogP contribution in [-0.4, -0.2) is 183 Å². The molecule has 0 unspecified atom stereocenters. The van der Waals surface area contributed by atoms with E-state index in [1.807, 2.05) is 74.4 Å². The number of carboxylic acids is 3. The van der Waals surface area contributed by atoms with Crippen LogP contribution in [0.3, 0.4) is 0 Å². The van der Waals surface area contributed by atoms with Gasteiger partial charge in [0.15, 0.2) is 0 Å². The number of nitrogens with one attached hydrogen (secondary N) is 6. The number of rotatable bonds is 35. The standard InChI is InChI=1S/C56H79N13O14S/c1-68(2)33-15-18-36-44(26-33)83-45-27-34(69(3)4)16-19-37(45)50(36)35-17-14-32(25-38(35)55(79)80)63-48(72)31-84-30-43(67-51(75)39(60)11-6-9-23-61-46(70)28-58)54(78)65-40(12-5-8-22-57)52(76)64-41(13-7-10-24-62-47(71)29-59)53(77)66-42(56(81)82)20-21-49(73)74/h14-19,25-27,39-43H,5-13,20-24,28-31,57-60H2,1-4H3,(H,61,70)(H,62,71)(H,64,76)(H,65,78)(H,66,77)(H,67,75)(H,73,74)(H,79,80)(H,81,82)/t39-,40-,41-,42-,43-/m0/s1. The number of carbonyl (C=O) groups is 10. The first-order chi connectivity index (χ1) is 40.0. The van der Waals surface area contributed by atoms with Gasteiger partial charge in [-0.3, -0.25) is 38.4 Å². The SMILES string of the molecule is CN(C)c1ccc2c(c1)Oc1cc(N(C)C)ccc1C2=C1C=CC(=NC(=O)CSC[C@H](NC(=O)[C@@H](N)CCCCNC(=O)CN)C(=O)N[C@@H](CCCCN)C(=O)N[C@@H](CCCCNC(=O)CN)C(=O)N[C@@H](CCC(=O)O)C(=O)O)C=C1C(=O)O. The molecule has 4 rings (SSSR count). The summed E-state index contributed by atoms with van der Waals surface area (Å²) in [5.41, 5.74) is 26.5. The van der Waals surface area contributed by atoms with Crippen molar-refractivity contribution in [3.63, 3.8) is 0 Å².